The van der Waals surface area contributed by atoms with Crippen LogP contribution in [0.1, 0.15) is 16.7 Å². The number of nitriles is 1. The molecule has 0 heterocycles. The zero-order chi connectivity index (χ0) is 10.1. The first kappa shape index (κ1) is 8.52. The van der Waals surface area contributed by atoms with Gasteiger partial charge in [0.2, 0.25) is 0 Å². The summed E-state index contributed by atoms with van der Waals surface area (Å²) < 4.78 is 0. The largest absolute Gasteiger partial charge is 0.478 e. The molecule has 0 saturated carbocycles. The SMILES string of the molecule is N#Cc1ccc2c(c1)CC=C2C(=O)O. The molecule has 1 aromatic rings. The van der Waals surface area contributed by atoms with Crippen molar-refractivity contribution >= 4 is 11.5 Å². The second-order valence-corrected chi connectivity index (χ2v) is 3.11. The minimum absolute atomic E-state index is 0.337. The molecule has 1 aromatic carbocycles. The normalized spacial score (nSPS) is 12.9. The number of carboxylic acids is 1. The van der Waals surface area contributed by atoms with Crippen LogP contribution in [0, 0.1) is 11.3 Å². The molecule has 3 nitrogen and oxygen atoms in total. The third kappa shape index (κ3) is 1.17. The highest BCUT2D eigenvalue weighted by molar-refractivity contribution is 6.17. The molecule has 1 aliphatic carbocycles. The minimum atomic E-state index is -0.909. The summed E-state index contributed by atoms with van der Waals surface area (Å²) in [6.45, 7) is 0. The molecule has 0 aromatic heterocycles. The predicted molar refractivity (Wildman–Crippen MR) is 50.5 cm³/mol. The second kappa shape index (κ2) is 3.00. The number of hydrogen-bond acceptors (Lipinski definition) is 2. The van der Waals surface area contributed by atoms with Crippen LogP contribution in [0.25, 0.3) is 5.57 Å². The Morgan fingerprint density at radius 1 is 1.50 bits per heavy atom. The molecule has 0 atom stereocenters. The monoisotopic (exact) mass is 185 g/mol. The third-order valence-electron chi connectivity index (χ3n) is 2.28. The molecule has 68 valence electrons. The van der Waals surface area contributed by atoms with Crippen molar-refractivity contribution in [1.29, 1.82) is 5.26 Å². The van der Waals surface area contributed by atoms with Gasteiger partial charge in [-0.25, -0.2) is 4.79 Å². The Morgan fingerprint density at radius 3 is 2.93 bits per heavy atom. The maximum Gasteiger partial charge on any atom is 0.335 e. The van der Waals surface area contributed by atoms with Crippen molar-refractivity contribution in [2.24, 2.45) is 0 Å². The molecule has 2 rings (SSSR count). The van der Waals surface area contributed by atoms with Gasteiger partial charge in [0.1, 0.15) is 0 Å². The van der Waals surface area contributed by atoms with Crippen molar-refractivity contribution in [1.82, 2.24) is 0 Å². The fraction of sp³-hybridized carbons (Fsp3) is 0.0909. The molecule has 1 N–H and O–H groups in total. The number of fused-ring (bicyclic) bond motifs is 1. The van der Waals surface area contributed by atoms with Crippen LogP contribution in [-0.2, 0) is 11.2 Å². The van der Waals surface area contributed by atoms with E-state index in [0.717, 1.165) is 11.1 Å². The van der Waals surface area contributed by atoms with Crippen molar-refractivity contribution in [3.63, 3.8) is 0 Å². The zero-order valence-electron chi connectivity index (χ0n) is 7.32. The topological polar surface area (TPSA) is 61.1 Å². The van der Waals surface area contributed by atoms with E-state index < -0.39 is 5.97 Å². The molecule has 0 bridgehead atoms. The van der Waals surface area contributed by atoms with Gasteiger partial charge in [0.05, 0.1) is 17.2 Å². The van der Waals surface area contributed by atoms with Gasteiger partial charge in [-0.15, -0.1) is 0 Å². The summed E-state index contributed by atoms with van der Waals surface area (Å²) in [4.78, 5) is 10.8. The highest BCUT2D eigenvalue weighted by atomic mass is 16.4. The fourth-order valence-corrected chi connectivity index (χ4v) is 1.62. The molecule has 0 saturated heterocycles. The van der Waals surface area contributed by atoms with Gasteiger partial charge < -0.3 is 5.11 Å². The van der Waals surface area contributed by atoms with E-state index in [2.05, 4.69) is 0 Å². The van der Waals surface area contributed by atoms with E-state index in [9.17, 15) is 4.79 Å². The molecule has 0 radical (unpaired) electrons. The van der Waals surface area contributed by atoms with Gasteiger partial charge in [-0.3, -0.25) is 0 Å². The van der Waals surface area contributed by atoms with Gasteiger partial charge in [0.15, 0.2) is 0 Å². The van der Waals surface area contributed by atoms with Crippen LogP contribution in [0.15, 0.2) is 24.3 Å². The van der Waals surface area contributed by atoms with Gasteiger partial charge in [-0.2, -0.15) is 5.26 Å². The van der Waals surface area contributed by atoms with Crippen molar-refractivity contribution in [3.8, 4) is 6.07 Å². The highest BCUT2D eigenvalue weighted by Crippen LogP contribution is 2.27. The van der Waals surface area contributed by atoms with Crippen LogP contribution in [0.5, 0.6) is 0 Å². The maximum absolute atomic E-state index is 10.8. The minimum Gasteiger partial charge on any atom is -0.478 e. The number of carbonyl (C=O) groups is 1. The average molecular weight is 185 g/mol. The predicted octanol–water partition coefficient (Wildman–Crippen LogP) is 1.58. The number of rotatable bonds is 1. The van der Waals surface area contributed by atoms with Gasteiger partial charge in [-0.1, -0.05) is 12.1 Å². The Balaban J connectivity index is 2.50. The van der Waals surface area contributed by atoms with Gasteiger partial charge in [0.25, 0.3) is 0 Å². The van der Waals surface area contributed by atoms with Crippen LogP contribution >= 0.6 is 0 Å². The quantitative estimate of drug-likeness (QED) is 0.722. The van der Waals surface area contributed by atoms with Crippen molar-refractivity contribution < 1.29 is 9.90 Å². The van der Waals surface area contributed by atoms with E-state index in [1.165, 1.54) is 0 Å². The van der Waals surface area contributed by atoms with Crippen LogP contribution < -0.4 is 0 Å². The first-order chi connectivity index (χ1) is 6.72. The highest BCUT2D eigenvalue weighted by Gasteiger charge is 2.19. The summed E-state index contributed by atoms with van der Waals surface area (Å²) in [6.07, 6.45) is 2.28. The Morgan fingerprint density at radius 2 is 2.29 bits per heavy atom. The van der Waals surface area contributed by atoms with Crippen molar-refractivity contribution in [3.05, 3.63) is 41.0 Å². The molecule has 0 amide bonds. The van der Waals surface area contributed by atoms with Gasteiger partial charge in [0, 0.05) is 0 Å². The van der Waals surface area contributed by atoms with Crippen LogP contribution in [0.2, 0.25) is 0 Å². The zero-order valence-corrected chi connectivity index (χ0v) is 7.32. The molecule has 0 unspecified atom stereocenters. The summed E-state index contributed by atoms with van der Waals surface area (Å²) in [6, 6.07) is 7.10. The lowest BCUT2D eigenvalue weighted by Gasteiger charge is -2.00. The first-order valence-corrected chi connectivity index (χ1v) is 4.19. The summed E-state index contributed by atoms with van der Waals surface area (Å²) in [5.41, 5.74) is 2.56. The summed E-state index contributed by atoms with van der Waals surface area (Å²) >= 11 is 0. The molecule has 14 heavy (non-hydrogen) atoms. The number of nitrogens with zero attached hydrogens (tertiary/aromatic N) is 1. The Kier molecular flexibility index (Phi) is 1.83. The summed E-state index contributed by atoms with van der Waals surface area (Å²) in [5, 5.41) is 17.5. The van der Waals surface area contributed by atoms with E-state index in [-0.39, 0.29) is 0 Å². The molecule has 0 aliphatic heterocycles. The molecule has 1 aliphatic rings. The number of allylic oxidation sites excluding steroid dienone is 1. The second-order valence-electron chi connectivity index (χ2n) is 3.11. The van der Waals surface area contributed by atoms with E-state index in [1.54, 1.807) is 24.3 Å². The lowest BCUT2D eigenvalue weighted by Crippen LogP contribution is -1.97. The van der Waals surface area contributed by atoms with Crippen LogP contribution in [0.3, 0.4) is 0 Å². The van der Waals surface area contributed by atoms with E-state index >= 15 is 0 Å². The third-order valence-corrected chi connectivity index (χ3v) is 2.28. The number of aliphatic carboxylic acids is 1. The smallest absolute Gasteiger partial charge is 0.335 e. The molecular formula is C11H7NO2. The Hall–Kier alpha value is -2.08. The van der Waals surface area contributed by atoms with E-state index in [4.69, 9.17) is 10.4 Å². The van der Waals surface area contributed by atoms with Crippen LogP contribution in [-0.4, -0.2) is 11.1 Å². The Labute approximate surface area is 80.9 Å². The van der Waals surface area contributed by atoms with Gasteiger partial charge in [-0.05, 0) is 29.7 Å². The molecule has 0 spiro atoms. The lowest BCUT2D eigenvalue weighted by atomic mass is 10.0. The summed E-state index contributed by atoms with van der Waals surface area (Å²) in [5.74, 6) is -0.909. The number of benzene rings is 1. The number of carboxylic acid groups (broad SMARTS) is 1. The molecular weight excluding hydrogens is 178 g/mol. The lowest BCUT2D eigenvalue weighted by molar-refractivity contribution is -0.130. The average Bonchev–Trinajstić information content (AvgIpc) is 2.59. The maximum atomic E-state index is 10.8. The van der Waals surface area contributed by atoms with Crippen LogP contribution in [0.4, 0.5) is 0 Å². The molecule has 0 fully saturated rings. The standard InChI is InChI=1S/C11H7NO2/c12-6-7-1-3-9-8(5-7)2-4-10(9)11(13)14/h1,3-5H,2H2,(H,13,14). The van der Waals surface area contributed by atoms with E-state index in [0.29, 0.717) is 17.6 Å². The number of hydrogen-bond donors (Lipinski definition) is 1. The van der Waals surface area contributed by atoms with E-state index in [1.807, 2.05) is 6.07 Å². The Bertz CT molecular complexity index is 481. The van der Waals surface area contributed by atoms with Crippen molar-refractivity contribution in [2.75, 3.05) is 0 Å². The van der Waals surface area contributed by atoms with Crippen molar-refractivity contribution in [2.45, 2.75) is 6.42 Å². The summed E-state index contributed by atoms with van der Waals surface area (Å²) in [7, 11) is 0. The fourth-order valence-electron chi connectivity index (χ4n) is 1.62. The van der Waals surface area contributed by atoms with Gasteiger partial charge >= 0.3 is 5.97 Å². The first-order valence-electron chi connectivity index (χ1n) is 4.19. The molecule has 3 heteroatoms.